The molecule has 2 N–H and O–H groups in total. The van der Waals surface area contributed by atoms with E-state index in [2.05, 4.69) is 35.0 Å². The highest BCUT2D eigenvalue weighted by Crippen LogP contribution is 2.34. The molecule has 1 fully saturated rings. The monoisotopic (exact) mass is 330 g/mol. The SMILES string of the molecule is Cc1ccc(O)c(CN2C[C@@H](CO)[C@H](c3cnn(C(C)C)c3)C2)n1. The summed E-state index contributed by atoms with van der Waals surface area (Å²) in [6, 6.07) is 3.83. The van der Waals surface area contributed by atoms with Crippen LogP contribution in [-0.4, -0.2) is 49.6 Å². The summed E-state index contributed by atoms with van der Waals surface area (Å²) in [5.41, 5.74) is 2.77. The summed E-state index contributed by atoms with van der Waals surface area (Å²) < 4.78 is 1.96. The van der Waals surface area contributed by atoms with Crippen LogP contribution in [0, 0.1) is 12.8 Å². The minimum atomic E-state index is 0.154. The van der Waals surface area contributed by atoms with Crippen LogP contribution in [0.4, 0.5) is 0 Å². The maximum absolute atomic E-state index is 10.0. The van der Waals surface area contributed by atoms with Crippen molar-refractivity contribution in [3.05, 3.63) is 41.5 Å². The number of aromatic hydroxyl groups is 1. The summed E-state index contributed by atoms with van der Waals surface area (Å²) in [4.78, 5) is 6.69. The number of pyridine rings is 1. The van der Waals surface area contributed by atoms with E-state index >= 15 is 0 Å². The first-order valence-electron chi connectivity index (χ1n) is 8.50. The lowest BCUT2D eigenvalue weighted by atomic mass is 9.92. The molecular weight excluding hydrogens is 304 g/mol. The van der Waals surface area contributed by atoms with Crippen LogP contribution in [0.2, 0.25) is 0 Å². The molecule has 6 heteroatoms. The zero-order chi connectivity index (χ0) is 17.3. The third kappa shape index (κ3) is 3.44. The smallest absolute Gasteiger partial charge is 0.138 e. The van der Waals surface area contributed by atoms with Gasteiger partial charge in [-0.1, -0.05) is 0 Å². The Labute approximate surface area is 142 Å². The van der Waals surface area contributed by atoms with Crippen LogP contribution >= 0.6 is 0 Å². The number of aliphatic hydroxyl groups excluding tert-OH is 1. The first-order valence-corrected chi connectivity index (χ1v) is 8.50. The molecule has 0 radical (unpaired) electrons. The van der Waals surface area contributed by atoms with Crippen LogP contribution < -0.4 is 0 Å². The number of aryl methyl sites for hydroxylation is 1. The molecule has 3 heterocycles. The van der Waals surface area contributed by atoms with Crippen LogP contribution in [-0.2, 0) is 6.54 Å². The molecule has 1 aliphatic rings. The zero-order valence-corrected chi connectivity index (χ0v) is 14.6. The van der Waals surface area contributed by atoms with Crippen molar-refractivity contribution in [2.24, 2.45) is 5.92 Å². The quantitative estimate of drug-likeness (QED) is 0.878. The fraction of sp³-hybridized carbons (Fsp3) is 0.556. The average molecular weight is 330 g/mol. The lowest BCUT2D eigenvalue weighted by molar-refractivity contribution is 0.213. The first kappa shape index (κ1) is 16.9. The Morgan fingerprint density at radius 2 is 2.08 bits per heavy atom. The Morgan fingerprint density at radius 3 is 2.75 bits per heavy atom. The first-order chi connectivity index (χ1) is 11.5. The Bertz CT molecular complexity index is 698. The highest BCUT2D eigenvalue weighted by Gasteiger charge is 2.34. The molecule has 2 aromatic rings. The number of aliphatic hydroxyl groups is 1. The lowest BCUT2D eigenvalue weighted by Gasteiger charge is -2.16. The van der Waals surface area contributed by atoms with Crippen molar-refractivity contribution >= 4 is 0 Å². The molecule has 0 aliphatic carbocycles. The molecule has 0 saturated carbocycles. The Hall–Kier alpha value is -1.92. The van der Waals surface area contributed by atoms with E-state index in [-0.39, 0.29) is 24.2 Å². The van der Waals surface area contributed by atoms with Crippen molar-refractivity contribution in [2.45, 2.75) is 39.3 Å². The van der Waals surface area contributed by atoms with Gasteiger partial charge in [0, 0.05) is 56.0 Å². The zero-order valence-electron chi connectivity index (χ0n) is 14.6. The van der Waals surface area contributed by atoms with Crippen LogP contribution in [0.15, 0.2) is 24.5 Å². The maximum Gasteiger partial charge on any atom is 0.138 e. The van der Waals surface area contributed by atoms with Crippen molar-refractivity contribution < 1.29 is 10.2 Å². The number of aromatic nitrogens is 3. The Morgan fingerprint density at radius 1 is 1.29 bits per heavy atom. The molecule has 6 nitrogen and oxygen atoms in total. The van der Waals surface area contributed by atoms with E-state index in [1.54, 1.807) is 6.07 Å². The third-order valence-corrected chi connectivity index (χ3v) is 4.79. The van der Waals surface area contributed by atoms with E-state index in [4.69, 9.17) is 0 Å². The van der Waals surface area contributed by atoms with Crippen molar-refractivity contribution in [3.8, 4) is 5.75 Å². The van der Waals surface area contributed by atoms with E-state index in [0.717, 1.165) is 18.8 Å². The molecule has 3 rings (SSSR count). The van der Waals surface area contributed by atoms with Crippen molar-refractivity contribution in [3.63, 3.8) is 0 Å². The fourth-order valence-corrected chi connectivity index (χ4v) is 3.41. The second-order valence-corrected chi connectivity index (χ2v) is 7.01. The number of hydrogen-bond donors (Lipinski definition) is 2. The van der Waals surface area contributed by atoms with Gasteiger partial charge in [0.25, 0.3) is 0 Å². The van der Waals surface area contributed by atoms with Gasteiger partial charge in [0.05, 0.1) is 11.9 Å². The third-order valence-electron chi connectivity index (χ3n) is 4.79. The van der Waals surface area contributed by atoms with Gasteiger partial charge < -0.3 is 10.2 Å². The van der Waals surface area contributed by atoms with E-state index < -0.39 is 0 Å². The number of rotatable bonds is 5. The van der Waals surface area contributed by atoms with E-state index in [0.29, 0.717) is 18.3 Å². The molecule has 24 heavy (non-hydrogen) atoms. The molecule has 2 atom stereocenters. The normalized spacial score (nSPS) is 21.7. The minimum absolute atomic E-state index is 0.154. The highest BCUT2D eigenvalue weighted by molar-refractivity contribution is 5.28. The topological polar surface area (TPSA) is 74.4 Å². The maximum atomic E-state index is 10.0. The molecule has 130 valence electrons. The standard InChI is InChI=1S/C18H26N4O2/c1-12(2)22-8-14(6-19-22)16-9-21(7-15(16)11-23)10-17-18(24)5-4-13(3)20-17/h4-6,8,12,15-16,23-24H,7,9-11H2,1-3H3/t15-,16-/m0/s1. The average Bonchev–Trinajstić information content (AvgIpc) is 3.17. The van der Waals surface area contributed by atoms with Crippen molar-refractivity contribution in [1.82, 2.24) is 19.7 Å². The largest absolute Gasteiger partial charge is 0.506 e. The van der Waals surface area contributed by atoms with Gasteiger partial charge in [0.2, 0.25) is 0 Å². The molecule has 1 aliphatic heterocycles. The van der Waals surface area contributed by atoms with Crippen LogP contribution in [0.3, 0.4) is 0 Å². The van der Waals surface area contributed by atoms with E-state index in [1.807, 2.05) is 23.9 Å². The summed E-state index contributed by atoms with van der Waals surface area (Å²) >= 11 is 0. The highest BCUT2D eigenvalue weighted by atomic mass is 16.3. The fourth-order valence-electron chi connectivity index (χ4n) is 3.41. The van der Waals surface area contributed by atoms with Gasteiger partial charge in [-0.3, -0.25) is 14.6 Å². The molecule has 0 spiro atoms. The van der Waals surface area contributed by atoms with Gasteiger partial charge in [-0.15, -0.1) is 0 Å². The molecule has 2 aromatic heterocycles. The predicted molar refractivity (Wildman–Crippen MR) is 91.8 cm³/mol. The number of likely N-dealkylation sites (tertiary alicyclic amines) is 1. The Kier molecular flexibility index (Phi) is 4.87. The van der Waals surface area contributed by atoms with Crippen molar-refractivity contribution in [2.75, 3.05) is 19.7 Å². The molecular formula is C18H26N4O2. The van der Waals surface area contributed by atoms with Gasteiger partial charge >= 0.3 is 0 Å². The summed E-state index contributed by atoms with van der Waals surface area (Å²) in [6.45, 7) is 8.51. The van der Waals surface area contributed by atoms with E-state index in [1.165, 1.54) is 5.56 Å². The molecule has 0 unspecified atom stereocenters. The summed E-state index contributed by atoms with van der Waals surface area (Å²) in [7, 11) is 0. The van der Waals surface area contributed by atoms with Crippen molar-refractivity contribution in [1.29, 1.82) is 0 Å². The second kappa shape index (κ2) is 6.91. The van der Waals surface area contributed by atoms with Gasteiger partial charge in [0.15, 0.2) is 0 Å². The lowest BCUT2D eigenvalue weighted by Crippen LogP contribution is -2.21. The predicted octanol–water partition coefficient (Wildman–Crippen LogP) is 2.08. The van der Waals surface area contributed by atoms with Crippen LogP contribution in [0.25, 0.3) is 0 Å². The molecule has 0 amide bonds. The van der Waals surface area contributed by atoms with Crippen LogP contribution in [0.1, 0.15) is 42.8 Å². The Balaban J connectivity index is 1.75. The minimum Gasteiger partial charge on any atom is -0.506 e. The summed E-state index contributed by atoms with van der Waals surface area (Å²) in [5, 5.41) is 24.2. The molecule has 0 aromatic carbocycles. The second-order valence-electron chi connectivity index (χ2n) is 7.01. The molecule has 0 bridgehead atoms. The summed E-state index contributed by atoms with van der Waals surface area (Å²) in [5.74, 6) is 0.674. The number of hydrogen-bond acceptors (Lipinski definition) is 5. The summed E-state index contributed by atoms with van der Waals surface area (Å²) in [6.07, 6.45) is 4.00. The molecule has 1 saturated heterocycles. The van der Waals surface area contributed by atoms with Gasteiger partial charge in [-0.2, -0.15) is 5.10 Å². The van der Waals surface area contributed by atoms with Crippen LogP contribution in [0.5, 0.6) is 5.75 Å². The number of nitrogens with zero attached hydrogens (tertiary/aromatic N) is 4. The van der Waals surface area contributed by atoms with E-state index in [9.17, 15) is 10.2 Å². The van der Waals surface area contributed by atoms with Gasteiger partial charge in [0.1, 0.15) is 5.75 Å². The van der Waals surface area contributed by atoms with Gasteiger partial charge in [-0.05, 0) is 38.5 Å². The van der Waals surface area contributed by atoms with Gasteiger partial charge in [-0.25, -0.2) is 0 Å².